The fourth-order valence-corrected chi connectivity index (χ4v) is 4.17. The summed E-state index contributed by atoms with van der Waals surface area (Å²) in [6.07, 6.45) is 5.55. The van der Waals surface area contributed by atoms with Gasteiger partial charge in [-0.2, -0.15) is 0 Å². The van der Waals surface area contributed by atoms with E-state index in [1.165, 1.54) is 25.7 Å². The molecule has 0 spiro atoms. The standard InChI is InChI=1S/C18H36/c1-9-15(11-13(3)4)14(5)18(8)12-16(18)17(6,7)10-2/h13-16H,9-12H2,1-8H3. The summed E-state index contributed by atoms with van der Waals surface area (Å²) in [6.45, 7) is 19.5. The molecule has 1 aliphatic rings. The molecule has 0 aromatic carbocycles. The number of hydrogen-bond donors (Lipinski definition) is 0. The maximum atomic E-state index is 2.56. The summed E-state index contributed by atoms with van der Waals surface area (Å²) in [5.74, 6) is 3.61. The van der Waals surface area contributed by atoms with Crippen molar-refractivity contribution in [1.82, 2.24) is 0 Å². The van der Waals surface area contributed by atoms with Gasteiger partial charge in [0.2, 0.25) is 0 Å². The van der Waals surface area contributed by atoms with E-state index in [1.54, 1.807) is 0 Å². The van der Waals surface area contributed by atoms with Gasteiger partial charge >= 0.3 is 0 Å². The molecule has 0 heterocycles. The van der Waals surface area contributed by atoms with Crippen molar-refractivity contribution in [3.8, 4) is 0 Å². The second-order valence-electron chi connectivity index (χ2n) is 8.19. The van der Waals surface area contributed by atoms with Crippen molar-refractivity contribution in [2.24, 2.45) is 34.5 Å². The Morgan fingerprint density at radius 3 is 2.11 bits per heavy atom. The summed E-state index contributed by atoms with van der Waals surface area (Å²) < 4.78 is 0. The molecule has 0 heteroatoms. The first-order valence-corrected chi connectivity index (χ1v) is 8.19. The average Bonchev–Trinajstić information content (AvgIpc) is 2.99. The summed E-state index contributed by atoms with van der Waals surface area (Å²) in [7, 11) is 0. The predicted molar refractivity (Wildman–Crippen MR) is 82.7 cm³/mol. The van der Waals surface area contributed by atoms with E-state index in [1.807, 2.05) is 0 Å². The van der Waals surface area contributed by atoms with Crippen LogP contribution in [0, 0.1) is 34.5 Å². The Kier molecular flexibility index (Phi) is 4.95. The van der Waals surface area contributed by atoms with E-state index in [-0.39, 0.29) is 0 Å². The van der Waals surface area contributed by atoms with E-state index in [0.29, 0.717) is 10.8 Å². The predicted octanol–water partition coefficient (Wildman–Crippen LogP) is 6.16. The quantitative estimate of drug-likeness (QED) is 0.509. The Morgan fingerprint density at radius 2 is 1.72 bits per heavy atom. The molecule has 18 heavy (non-hydrogen) atoms. The fraction of sp³-hybridized carbons (Fsp3) is 1.00. The molecule has 1 saturated carbocycles. The van der Waals surface area contributed by atoms with Crippen molar-refractivity contribution < 1.29 is 0 Å². The van der Waals surface area contributed by atoms with Crippen LogP contribution in [-0.2, 0) is 0 Å². The van der Waals surface area contributed by atoms with Gasteiger partial charge in [-0.05, 0) is 47.3 Å². The minimum Gasteiger partial charge on any atom is -0.0651 e. The molecule has 0 aromatic heterocycles. The molecule has 0 aromatic rings. The van der Waals surface area contributed by atoms with Gasteiger partial charge in [0.05, 0.1) is 0 Å². The summed E-state index contributed by atoms with van der Waals surface area (Å²) >= 11 is 0. The minimum absolute atomic E-state index is 0.541. The molecule has 4 atom stereocenters. The molecular formula is C18H36. The molecular weight excluding hydrogens is 216 g/mol. The van der Waals surface area contributed by atoms with E-state index in [9.17, 15) is 0 Å². The lowest BCUT2D eigenvalue weighted by molar-refractivity contribution is 0.151. The third-order valence-corrected chi connectivity index (χ3v) is 6.18. The van der Waals surface area contributed by atoms with Gasteiger partial charge in [-0.3, -0.25) is 0 Å². The van der Waals surface area contributed by atoms with Gasteiger partial charge in [-0.25, -0.2) is 0 Å². The molecule has 1 rings (SSSR count). The monoisotopic (exact) mass is 252 g/mol. The normalized spacial score (nSPS) is 31.5. The number of hydrogen-bond acceptors (Lipinski definition) is 0. The van der Waals surface area contributed by atoms with Gasteiger partial charge in [-0.1, -0.05) is 68.2 Å². The zero-order valence-corrected chi connectivity index (χ0v) is 14.1. The molecule has 108 valence electrons. The van der Waals surface area contributed by atoms with Crippen LogP contribution in [0.2, 0.25) is 0 Å². The van der Waals surface area contributed by atoms with Gasteiger partial charge in [-0.15, -0.1) is 0 Å². The molecule has 0 aliphatic heterocycles. The van der Waals surface area contributed by atoms with Crippen molar-refractivity contribution in [2.45, 2.75) is 81.1 Å². The second kappa shape index (κ2) is 5.55. The van der Waals surface area contributed by atoms with Crippen LogP contribution in [0.15, 0.2) is 0 Å². The van der Waals surface area contributed by atoms with E-state index < -0.39 is 0 Å². The lowest BCUT2D eigenvalue weighted by Crippen LogP contribution is -2.26. The topological polar surface area (TPSA) is 0 Å². The molecule has 0 bridgehead atoms. The highest BCUT2D eigenvalue weighted by atomic mass is 14.6. The zero-order chi connectivity index (χ0) is 14.1. The van der Waals surface area contributed by atoms with E-state index in [2.05, 4.69) is 55.4 Å². The third kappa shape index (κ3) is 3.11. The molecule has 1 fully saturated rings. The van der Waals surface area contributed by atoms with Crippen LogP contribution in [-0.4, -0.2) is 0 Å². The number of rotatable bonds is 7. The van der Waals surface area contributed by atoms with Crippen LogP contribution in [0.1, 0.15) is 81.1 Å². The molecule has 1 aliphatic carbocycles. The Bertz CT molecular complexity index is 263. The first-order chi connectivity index (χ1) is 8.19. The minimum atomic E-state index is 0.541. The average molecular weight is 252 g/mol. The molecule has 0 saturated heterocycles. The largest absolute Gasteiger partial charge is 0.0651 e. The van der Waals surface area contributed by atoms with Crippen molar-refractivity contribution in [2.75, 3.05) is 0 Å². The summed E-state index contributed by atoms with van der Waals surface area (Å²) in [6, 6.07) is 0. The molecule has 0 amide bonds. The first-order valence-electron chi connectivity index (χ1n) is 8.19. The molecule has 4 unspecified atom stereocenters. The SMILES string of the molecule is CCC(CC(C)C)C(C)C1(C)CC1C(C)(C)CC. The van der Waals surface area contributed by atoms with Crippen LogP contribution in [0.3, 0.4) is 0 Å². The highest BCUT2D eigenvalue weighted by Gasteiger charge is 2.59. The fourth-order valence-electron chi connectivity index (χ4n) is 4.17. The molecule has 0 N–H and O–H groups in total. The summed E-state index contributed by atoms with van der Waals surface area (Å²) in [4.78, 5) is 0. The highest BCUT2D eigenvalue weighted by Crippen LogP contribution is 2.67. The van der Waals surface area contributed by atoms with Crippen LogP contribution in [0.5, 0.6) is 0 Å². The van der Waals surface area contributed by atoms with Gasteiger partial charge in [0.1, 0.15) is 0 Å². The van der Waals surface area contributed by atoms with E-state index in [0.717, 1.165) is 23.7 Å². The lowest BCUT2D eigenvalue weighted by Gasteiger charge is -2.34. The Morgan fingerprint density at radius 1 is 1.17 bits per heavy atom. The maximum absolute atomic E-state index is 2.56. The van der Waals surface area contributed by atoms with Gasteiger partial charge in [0, 0.05) is 0 Å². The third-order valence-electron chi connectivity index (χ3n) is 6.18. The lowest BCUT2D eigenvalue weighted by atomic mass is 9.71. The first kappa shape index (κ1) is 16.1. The zero-order valence-electron chi connectivity index (χ0n) is 14.1. The Hall–Kier alpha value is 0. The Balaban J connectivity index is 2.70. The Labute approximate surface area is 116 Å². The smallest absolute Gasteiger partial charge is 0.0261 e. The van der Waals surface area contributed by atoms with Gasteiger partial charge in [0.25, 0.3) is 0 Å². The summed E-state index contributed by atoms with van der Waals surface area (Å²) in [5, 5.41) is 0. The highest BCUT2D eigenvalue weighted by molar-refractivity contribution is 5.08. The second-order valence-corrected chi connectivity index (χ2v) is 8.19. The molecule has 0 nitrogen and oxygen atoms in total. The van der Waals surface area contributed by atoms with E-state index >= 15 is 0 Å². The van der Waals surface area contributed by atoms with Gasteiger partial charge in [0.15, 0.2) is 0 Å². The van der Waals surface area contributed by atoms with Crippen molar-refractivity contribution in [3.63, 3.8) is 0 Å². The van der Waals surface area contributed by atoms with Crippen molar-refractivity contribution >= 4 is 0 Å². The van der Waals surface area contributed by atoms with E-state index in [4.69, 9.17) is 0 Å². The summed E-state index contributed by atoms with van der Waals surface area (Å²) in [5.41, 5.74) is 1.16. The van der Waals surface area contributed by atoms with Crippen molar-refractivity contribution in [1.29, 1.82) is 0 Å². The van der Waals surface area contributed by atoms with Crippen LogP contribution in [0.25, 0.3) is 0 Å². The maximum Gasteiger partial charge on any atom is -0.0261 e. The van der Waals surface area contributed by atoms with Crippen molar-refractivity contribution in [3.05, 3.63) is 0 Å². The van der Waals surface area contributed by atoms with Gasteiger partial charge < -0.3 is 0 Å². The van der Waals surface area contributed by atoms with Crippen LogP contribution < -0.4 is 0 Å². The van der Waals surface area contributed by atoms with Crippen LogP contribution >= 0.6 is 0 Å². The molecule has 0 radical (unpaired) electrons. The van der Waals surface area contributed by atoms with Crippen LogP contribution in [0.4, 0.5) is 0 Å².